The normalized spacial score (nSPS) is 21.2. The Labute approximate surface area is 183 Å². The summed E-state index contributed by atoms with van der Waals surface area (Å²) in [6.45, 7) is 12.2. The second-order valence-electron chi connectivity index (χ2n) is 9.90. The molecule has 2 N–H and O–H groups in total. The fraction of sp³-hybridized carbons (Fsp3) is 0.636. The number of likely N-dealkylation sites (tertiary alicyclic amines) is 1. The molecule has 0 aromatic heterocycles. The van der Waals surface area contributed by atoms with Crippen molar-refractivity contribution in [3.8, 4) is 0 Å². The van der Waals surface area contributed by atoms with Gasteiger partial charge in [-0.3, -0.25) is 4.90 Å². The van der Waals surface area contributed by atoms with E-state index < -0.39 is 11.2 Å². The van der Waals surface area contributed by atoms with Crippen molar-refractivity contribution < 1.29 is 19.1 Å². The Morgan fingerprint density at radius 1 is 1.07 bits per heavy atom. The number of rotatable bonds is 1. The van der Waals surface area contributed by atoms with Crippen LogP contribution in [0.5, 0.6) is 0 Å². The zero-order valence-electron chi connectivity index (χ0n) is 18.9. The second-order valence-corrected chi connectivity index (χ2v) is 10.7. The summed E-state index contributed by atoms with van der Waals surface area (Å²) in [5, 5.41) is 0. The molecule has 1 aromatic rings. The average Bonchev–Trinajstić information content (AvgIpc) is 2.91. The predicted octanol–water partition coefficient (Wildman–Crippen LogP) is 4.84. The number of hydrogen-bond acceptors (Lipinski definition) is 6. The van der Waals surface area contributed by atoms with Gasteiger partial charge < -0.3 is 20.1 Å². The largest absolute Gasteiger partial charge is 0.444 e. The van der Waals surface area contributed by atoms with Gasteiger partial charge in [-0.15, -0.1) is 11.8 Å². The minimum atomic E-state index is -0.597. The Bertz CT molecular complexity index is 844. The molecule has 2 amide bonds. The molecule has 2 aliphatic rings. The molecule has 8 heteroatoms. The minimum absolute atomic E-state index is 0.0387. The summed E-state index contributed by atoms with van der Waals surface area (Å²) >= 11 is 1.55. The van der Waals surface area contributed by atoms with Gasteiger partial charge in [-0.05, 0) is 71.9 Å². The lowest BCUT2D eigenvalue weighted by Crippen LogP contribution is -2.51. The number of fused-ring (bicyclic) bond motifs is 3. The molecular weight excluding hydrogens is 402 g/mol. The standard InChI is InChI=1S/C22H33N3O4S/c1-21(2,3)28-19(26)24-9-8-16-15(12-24)14-10-13(23)11-17(30-7)18(14)25(16)20(27)29-22(4,5)6/h10-11,15-16H,8-9,12,23H2,1-7H3/t15-,16-/m1/s1. The Morgan fingerprint density at radius 2 is 1.67 bits per heavy atom. The number of hydrogen-bond donors (Lipinski definition) is 1. The fourth-order valence-electron chi connectivity index (χ4n) is 4.10. The van der Waals surface area contributed by atoms with Crippen molar-refractivity contribution in [3.05, 3.63) is 17.7 Å². The molecule has 2 atom stereocenters. The molecule has 2 aliphatic heterocycles. The van der Waals surface area contributed by atoms with Gasteiger partial charge >= 0.3 is 12.2 Å². The second kappa shape index (κ2) is 7.87. The summed E-state index contributed by atoms with van der Waals surface area (Å²) in [5.74, 6) is -0.0387. The van der Waals surface area contributed by atoms with E-state index in [1.54, 1.807) is 21.6 Å². The van der Waals surface area contributed by atoms with Crippen molar-refractivity contribution in [3.63, 3.8) is 0 Å². The smallest absolute Gasteiger partial charge is 0.415 e. The van der Waals surface area contributed by atoms with Gasteiger partial charge in [0.2, 0.25) is 0 Å². The van der Waals surface area contributed by atoms with Crippen molar-refractivity contribution in [2.75, 3.05) is 30.0 Å². The first kappa shape index (κ1) is 22.6. The molecule has 1 aromatic carbocycles. The zero-order valence-corrected chi connectivity index (χ0v) is 19.8. The summed E-state index contributed by atoms with van der Waals surface area (Å²) in [6, 6.07) is 3.74. The molecule has 2 heterocycles. The SMILES string of the molecule is CSc1cc(N)cc2c1N(C(=O)OC(C)(C)C)[C@@H]1CCN(C(=O)OC(C)(C)C)C[C@H]21. The van der Waals surface area contributed by atoms with Crippen molar-refractivity contribution >= 4 is 35.3 Å². The highest BCUT2D eigenvalue weighted by Gasteiger charge is 2.48. The summed E-state index contributed by atoms with van der Waals surface area (Å²) in [4.78, 5) is 30.3. The van der Waals surface area contributed by atoms with Crippen molar-refractivity contribution in [2.24, 2.45) is 0 Å². The Hall–Kier alpha value is -2.09. The molecule has 0 unspecified atom stereocenters. The third-order valence-electron chi connectivity index (χ3n) is 5.14. The van der Waals surface area contributed by atoms with E-state index in [0.29, 0.717) is 25.2 Å². The van der Waals surface area contributed by atoms with Crippen molar-refractivity contribution in [2.45, 2.75) is 76.0 Å². The van der Waals surface area contributed by atoms with Crippen LogP contribution in [0.1, 0.15) is 59.4 Å². The number of benzene rings is 1. The number of thioether (sulfide) groups is 1. The molecular formula is C22H33N3O4S. The van der Waals surface area contributed by atoms with Crippen LogP contribution in [0.25, 0.3) is 0 Å². The first-order chi connectivity index (χ1) is 13.8. The maximum Gasteiger partial charge on any atom is 0.415 e. The fourth-order valence-corrected chi connectivity index (χ4v) is 4.76. The van der Waals surface area contributed by atoms with Crippen LogP contribution in [0.15, 0.2) is 17.0 Å². The van der Waals surface area contributed by atoms with Crippen LogP contribution in [0.4, 0.5) is 21.0 Å². The first-order valence-corrected chi connectivity index (χ1v) is 11.5. The first-order valence-electron chi connectivity index (χ1n) is 10.3. The molecule has 1 saturated heterocycles. The van der Waals surface area contributed by atoms with Gasteiger partial charge in [0.25, 0.3) is 0 Å². The zero-order chi connectivity index (χ0) is 22.4. The summed E-state index contributed by atoms with van der Waals surface area (Å²) in [7, 11) is 0. The van der Waals surface area contributed by atoms with Crippen LogP contribution < -0.4 is 10.6 Å². The van der Waals surface area contributed by atoms with Gasteiger partial charge in [-0.25, -0.2) is 9.59 Å². The topological polar surface area (TPSA) is 85.1 Å². The van der Waals surface area contributed by atoms with E-state index in [0.717, 1.165) is 16.1 Å². The molecule has 1 fully saturated rings. The molecule has 0 spiro atoms. The third kappa shape index (κ3) is 4.63. The van der Waals surface area contributed by atoms with Crippen LogP contribution in [0, 0.1) is 0 Å². The number of anilines is 2. The highest BCUT2D eigenvalue weighted by atomic mass is 32.2. The van der Waals surface area contributed by atoms with Gasteiger partial charge in [-0.1, -0.05) is 0 Å². The number of amides is 2. The monoisotopic (exact) mass is 435 g/mol. The summed E-state index contributed by atoms with van der Waals surface area (Å²) < 4.78 is 11.3. The summed E-state index contributed by atoms with van der Waals surface area (Å²) in [5.41, 5.74) is 7.52. The lowest BCUT2D eigenvalue weighted by atomic mass is 9.89. The number of nitrogens with zero attached hydrogens (tertiary/aromatic N) is 2. The maximum atomic E-state index is 13.2. The van der Waals surface area contributed by atoms with Crippen molar-refractivity contribution in [1.82, 2.24) is 4.90 Å². The third-order valence-corrected chi connectivity index (χ3v) is 5.89. The highest BCUT2D eigenvalue weighted by Crippen LogP contribution is 2.50. The minimum Gasteiger partial charge on any atom is -0.444 e. The lowest BCUT2D eigenvalue weighted by Gasteiger charge is -2.38. The summed E-state index contributed by atoms with van der Waals surface area (Å²) in [6.07, 6.45) is 1.93. The van der Waals surface area contributed by atoms with Gasteiger partial charge in [0.15, 0.2) is 0 Å². The van der Waals surface area contributed by atoms with E-state index in [4.69, 9.17) is 15.2 Å². The molecule has 0 bridgehead atoms. The van der Waals surface area contributed by atoms with Crippen LogP contribution in [0.3, 0.4) is 0 Å². The Balaban J connectivity index is 1.98. The molecule has 166 valence electrons. The quantitative estimate of drug-likeness (QED) is 0.502. The lowest BCUT2D eigenvalue weighted by molar-refractivity contribution is 0.0185. The van der Waals surface area contributed by atoms with Gasteiger partial charge in [0.1, 0.15) is 11.2 Å². The van der Waals surface area contributed by atoms with Crippen molar-refractivity contribution in [1.29, 1.82) is 0 Å². The highest BCUT2D eigenvalue weighted by molar-refractivity contribution is 7.98. The van der Waals surface area contributed by atoms with Crippen LogP contribution in [-0.2, 0) is 9.47 Å². The van der Waals surface area contributed by atoms with Crippen LogP contribution in [0.2, 0.25) is 0 Å². The Kier molecular flexibility index (Phi) is 5.93. The molecule has 0 aliphatic carbocycles. The van der Waals surface area contributed by atoms with E-state index in [2.05, 4.69) is 0 Å². The maximum absolute atomic E-state index is 13.2. The molecule has 0 saturated carbocycles. The van der Waals surface area contributed by atoms with E-state index in [1.165, 1.54) is 0 Å². The number of nitrogens with two attached hydrogens (primary N) is 1. The Morgan fingerprint density at radius 3 is 2.23 bits per heavy atom. The van der Waals surface area contributed by atoms with E-state index >= 15 is 0 Å². The molecule has 3 rings (SSSR count). The van der Waals surface area contributed by atoms with Gasteiger partial charge in [0, 0.05) is 29.6 Å². The van der Waals surface area contributed by atoms with Gasteiger partial charge in [0.05, 0.1) is 11.7 Å². The number of carbonyl (C=O) groups excluding carboxylic acids is 2. The number of nitrogen functional groups attached to an aromatic ring is 1. The molecule has 0 radical (unpaired) electrons. The van der Waals surface area contributed by atoms with E-state index in [1.807, 2.05) is 59.9 Å². The predicted molar refractivity (Wildman–Crippen MR) is 120 cm³/mol. The van der Waals surface area contributed by atoms with Crippen LogP contribution in [-0.4, -0.2) is 53.7 Å². The van der Waals surface area contributed by atoms with Gasteiger partial charge in [-0.2, -0.15) is 0 Å². The van der Waals surface area contributed by atoms with E-state index in [9.17, 15) is 9.59 Å². The number of carbonyl (C=O) groups is 2. The average molecular weight is 436 g/mol. The number of ether oxygens (including phenoxy) is 2. The molecule has 7 nitrogen and oxygen atoms in total. The van der Waals surface area contributed by atoms with Crippen LogP contribution >= 0.6 is 11.8 Å². The molecule has 30 heavy (non-hydrogen) atoms. The number of piperidine rings is 1. The van der Waals surface area contributed by atoms with E-state index in [-0.39, 0.29) is 24.1 Å².